The molecule has 0 bridgehead atoms. The van der Waals surface area contributed by atoms with Gasteiger partial charge in [-0.3, -0.25) is 4.79 Å². The normalized spacial score (nSPS) is 14.6. The number of hydrogen-bond donors (Lipinski definition) is 1. The molecular weight excluding hydrogens is 268 g/mol. The second-order valence-corrected chi connectivity index (χ2v) is 5.09. The fourth-order valence-corrected chi connectivity index (χ4v) is 2.36. The first-order valence-electron chi connectivity index (χ1n) is 7.09. The van der Waals surface area contributed by atoms with Crippen LogP contribution in [-0.4, -0.2) is 48.6 Å². The lowest BCUT2D eigenvalue weighted by Crippen LogP contribution is -2.41. The van der Waals surface area contributed by atoms with Gasteiger partial charge in [-0.1, -0.05) is 0 Å². The van der Waals surface area contributed by atoms with Gasteiger partial charge in [0.25, 0.3) is 0 Å². The van der Waals surface area contributed by atoms with Crippen LogP contribution in [0.25, 0.3) is 0 Å². The number of anilines is 1. The number of nitriles is 1. The van der Waals surface area contributed by atoms with Gasteiger partial charge in [0.2, 0.25) is 5.91 Å². The van der Waals surface area contributed by atoms with Gasteiger partial charge >= 0.3 is 0 Å². The highest BCUT2D eigenvalue weighted by Crippen LogP contribution is 2.17. The van der Waals surface area contributed by atoms with Crippen LogP contribution in [-0.2, 0) is 9.53 Å². The summed E-state index contributed by atoms with van der Waals surface area (Å²) in [6.07, 6.45) is 0.388. The third-order valence-electron chi connectivity index (χ3n) is 3.45. The van der Waals surface area contributed by atoms with Crippen LogP contribution in [0.3, 0.4) is 0 Å². The number of carbonyl (C=O) groups is 1. The molecular formula is C15H20N4O2. The van der Waals surface area contributed by atoms with Crippen LogP contribution < -0.4 is 5.32 Å². The SMILES string of the molecule is Cc1cc(C)c(C#N)c(NCCC(=O)N2CCOCC2)n1. The molecule has 1 aliphatic rings. The second kappa shape index (κ2) is 7.04. The van der Waals surface area contributed by atoms with Gasteiger partial charge in [-0.2, -0.15) is 5.26 Å². The summed E-state index contributed by atoms with van der Waals surface area (Å²) in [6.45, 7) is 6.78. The first-order chi connectivity index (χ1) is 10.1. The summed E-state index contributed by atoms with van der Waals surface area (Å²) in [4.78, 5) is 18.2. The van der Waals surface area contributed by atoms with Gasteiger partial charge in [-0.05, 0) is 25.5 Å². The van der Waals surface area contributed by atoms with E-state index in [4.69, 9.17) is 4.74 Å². The predicted octanol–water partition coefficient (Wildman–Crippen LogP) is 1.23. The Morgan fingerprint density at radius 2 is 2.19 bits per heavy atom. The lowest BCUT2D eigenvalue weighted by atomic mass is 10.1. The van der Waals surface area contributed by atoms with E-state index in [0.29, 0.717) is 50.7 Å². The van der Waals surface area contributed by atoms with Crippen molar-refractivity contribution in [2.24, 2.45) is 0 Å². The third kappa shape index (κ3) is 3.92. The van der Waals surface area contributed by atoms with Crippen LogP contribution in [0.1, 0.15) is 23.2 Å². The molecule has 2 heterocycles. The lowest BCUT2D eigenvalue weighted by molar-refractivity contribution is -0.134. The number of morpholine rings is 1. The second-order valence-electron chi connectivity index (χ2n) is 5.09. The molecule has 0 saturated carbocycles. The average Bonchev–Trinajstić information content (AvgIpc) is 2.47. The molecule has 1 amide bonds. The number of hydrogen-bond acceptors (Lipinski definition) is 5. The summed E-state index contributed by atoms with van der Waals surface area (Å²) in [6, 6.07) is 4.03. The van der Waals surface area contributed by atoms with Crippen molar-refractivity contribution in [2.45, 2.75) is 20.3 Å². The quantitative estimate of drug-likeness (QED) is 0.901. The zero-order valence-electron chi connectivity index (χ0n) is 12.5. The van der Waals surface area contributed by atoms with Gasteiger partial charge in [0.1, 0.15) is 11.9 Å². The highest BCUT2D eigenvalue weighted by atomic mass is 16.5. The maximum absolute atomic E-state index is 12.0. The molecule has 112 valence electrons. The van der Waals surface area contributed by atoms with Crippen molar-refractivity contribution in [3.8, 4) is 6.07 Å². The van der Waals surface area contributed by atoms with Crippen LogP contribution in [0.2, 0.25) is 0 Å². The summed E-state index contributed by atoms with van der Waals surface area (Å²) >= 11 is 0. The van der Waals surface area contributed by atoms with Crippen LogP contribution >= 0.6 is 0 Å². The van der Waals surface area contributed by atoms with Crippen molar-refractivity contribution < 1.29 is 9.53 Å². The molecule has 0 spiro atoms. The molecule has 1 fully saturated rings. The highest BCUT2D eigenvalue weighted by molar-refractivity contribution is 5.76. The summed E-state index contributed by atoms with van der Waals surface area (Å²) in [5.74, 6) is 0.665. The first kappa shape index (κ1) is 15.3. The number of ether oxygens (including phenoxy) is 1. The molecule has 6 nitrogen and oxygen atoms in total. The van der Waals surface area contributed by atoms with Crippen LogP contribution in [0.4, 0.5) is 5.82 Å². The average molecular weight is 288 g/mol. The summed E-state index contributed by atoms with van der Waals surface area (Å²) in [5, 5.41) is 12.3. The summed E-state index contributed by atoms with van der Waals surface area (Å²) < 4.78 is 5.22. The number of aromatic nitrogens is 1. The van der Waals surface area contributed by atoms with E-state index in [1.165, 1.54) is 0 Å². The van der Waals surface area contributed by atoms with Crippen molar-refractivity contribution in [3.63, 3.8) is 0 Å². The van der Waals surface area contributed by atoms with E-state index in [9.17, 15) is 10.1 Å². The Labute approximate surface area is 124 Å². The molecule has 1 saturated heterocycles. The van der Waals surface area contributed by atoms with Crippen molar-refractivity contribution in [3.05, 3.63) is 22.9 Å². The lowest BCUT2D eigenvalue weighted by Gasteiger charge is -2.26. The van der Waals surface area contributed by atoms with Gasteiger partial charge in [0.05, 0.1) is 18.8 Å². The fraction of sp³-hybridized carbons (Fsp3) is 0.533. The number of aryl methyl sites for hydroxylation is 2. The molecule has 0 radical (unpaired) electrons. The molecule has 1 N–H and O–H groups in total. The molecule has 0 atom stereocenters. The Kier molecular flexibility index (Phi) is 5.12. The monoisotopic (exact) mass is 288 g/mol. The first-order valence-corrected chi connectivity index (χ1v) is 7.09. The van der Waals surface area contributed by atoms with Crippen molar-refractivity contribution in [1.29, 1.82) is 5.26 Å². The summed E-state index contributed by atoms with van der Waals surface area (Å²) in [5.41, 5.74) is 2.29. The van der Waals surface area contributed by atoms with Gasteiger partial charge in [0, 0.05) is 31.7 Å². The van der Waals surface area contributed by atoms with Crippen LogP contribution in [0.5, 0.6) is 0 Å². The minimum absolute atomic E-state index is 0.105. The standard InChI is InChI=1S/C15H20N4O2/c1-11-9-12(2)18-15(13(11)10-16)17-4-3-14(20)19-5-7-21-8-6-19/h9H,3-8H2,1-2H3,(H,17,18). The number of amides is 1. The molecule has 2 rings (SSSR count). The highest BCUT2D eigenvalue weighted by Gasteiger charge is 2.16. The predicted molar refractivity (Wildman–Crippen MR) is 78.9 cm³/mol. The number of pyridine rings is 1. The molecule has 0 unspecified atom stereocenters. The van der Waals surface area contributed by atoms with E-state index < -0.39 is 0 Å². The third-order valence-corrected chi connectivity index (χ3v) is 3.45. The van der Waals surface area contributed by atoms with Gasteiger partial charge in [-0.25, -0.2) is 4.98 Å². The molecule has 1 aliphatic heterocycles. The molecule has 0 aliphatic carbocycles. The number of nitrogens with zero attached hydrogens (tertiary/aromatic N) is 3. The van der Waals surface area contributed by atoms with Crippen LogP contribution in [0, 0.1) is 25.2 Å². The topological polar surface area (TPSA) is 78.2 Å². The van der Waals surface area contributed by atoms with E-state index in [1.807, 2.05) is 24.8 Å². The maximum atomic E-state index is 12.0. The van der Waals surface area contributed by atoms with Crippen LogP contribution in [0.15, 0.2) is 6.07 Å². The Bertz CT molecular complexity index is 560. The van der Waals surface area contributed by atoms with E-state index in [2.05, 4.69) is 16.4 Å². The molecule has 0 aromatic carbocycles. The van der Waals surface area contributed by atoms with E-state index >= 15 is 0 Å². The van der Waals surface area contributed by atoms with E-state index in [0.717, 1.165) is 11.3 Å². The van der Waals surface area contributed by atoms with Crippen molar-refractivity contribution in [1.82, 2.24) is 9.88 Å². The largest absolute Gasteiger partial charge is 0.378 e. The number of carbonyl (C=O) groups excluding carboxylic acids is 1. The number of rotatable bonds is 4. The molecule has 1 aromatic heterocycles. The van der Waals surface area contributed by atoms with Gasteiger partial charge < -0.3 is 15.0 Å². The minimum Gasteiger partial charge on any atom is -0.378 e. The summed E-state index contributed by atoms with van der Waals surface area (Å²) in [7, 11) is 0. The number of nitrogens with one attached hydrogen (secondary N) is 1. The fourth-order valence-electron chi connectivity index (χ4n) is 2.36. The molecule has 1 aromatic rings. The maximum Gasteiger partial charge on any atom is 0.224 e. The Hall–Kier alpha value is -2.13. The zero-order chi connectivity index (χ0) is 15.2. The van der Waals surface area contributed by atoms with Gasteiger partial charge in [0.15, 0.2) is 0 Å². The Balaban J connectivity index is 1.91. The molecule has 6 heteroatoms. The van der Waals surface area contributed by atoms with E-state index in [1.54, 1.807) is 0 Å². The van der Waals surface area contributed by atoms with Crippen molar-refractivity contribution >= 4 is 11.7 Å². The van der Waals surface area contributed by atoms with E-state index in [-0.39, 0.29) is 5.91 Å². The Morgan fingerprint density at radius 1 is 1.48 bits per heavy atom. The van der Waals surface area contributed by atoms with Gasteiger partial charge in [-0.15, -0.1) is 0 Å². The Morgan fingerprint density at radius 3 is 2.86 bits per heavy atom. The smallest absolute Gasteiger partial charge is 0.224 e. The van der Waals surface area contributed by atoms with Crippen molar-refractivity contribution in [2.75, 3.05) is 38.2 Å². The minimum atomic E-state index is 0.105. The molecule has 21 heavy (non-hydrogen) atoms. The zero-order valence-corrected chi connectivity index (χ0v) is 12.5.